The number of rotatable bonds is 4. The lowest BCUT2D eigenvalue weighted by molar-refractivity contribution is 0.413. The fourth-order valence-corrected chi connectivity index (χ4v) is 2.50. The van der Waals surface area contributed by atoms with Crippen molar-refractivity contribution in [1.82, 2.24) is 9.55 Å². The average molecular weight is 283 g/mol. The van der Waals surface area contributed by atoms with Gasteiger partial charge in [-0.15, -0.1) is 0 Å². The van der Waals surface area contributed by atoms with E-state index in [0.717, 1.165) is 0 Å². The first-order valence-corrected chi connectivity index (χ1v) is 6.78. The summed E-state index contributed by atoms with van der Waals surface area (Å²) in [5.41, 5.74) is 0.0324. The lowest BCUT2D eigenvalue weighted by Gasteiger charge is -2.09. The van der Waals surface area contributed by atoms with Crippen molar-refractivity contribution < 1.29 is 18.3 Å². The molecule has 2 N–H and O–H groups in total. The summed E-state index contributed by atoms with van der Waals surface area (Å²) in [4.78, 5) is 3.76. The Hall–Kier alpha value is -2.22. The van der Waals surface area contributed by atoms with Gasteiger partial charge in [0.15, 0.2) is 5.03 Å². The Morgan fingerprint density at radius 1 is 1.42 bits per heavy atom. The second-order valence-electron chi connectivity index (χ2n) is 3.87. The minimum Gasteiger partial charge on any atom is -0.506 e. The molecule has 19 heavy (non-hydrogen) atoms. The van der Waals surface area contributed by atoms with Gasteiger partial charge in [-0.1, -0.05) is 0 Å². The molecule has 2 aromatic rings. The molecule has 1 heterocycles. The molecule has 0 bridgehead atoms. The van der Waals surface area contributed by atoms with Crippen molar-refractivity contribution >= 4 is 15.7 Å². The summed E-state index contributed by atoms with van der Waals surface area (Å²) < 4.78 is 32.8. The van der Waals surface area contributed by atoms with Crippen LogP contribution in [0.15, 0.2) is 35.7 Å². The van der Waals surface area contributed by atoms with Crippen molar-refractivity contribution in [2.75, 3.05) is 11.8 Å². The first-order chi connectivity index (χ1) is 8.92. The topological polar surface area (TPSA) is 93.5 Å². The highest BCUT2D eigenvalue weighted by molar-refractivity contribution is 7.92. The summed E-state index contributed by atoms with van der Waals surface area (Å²) >= 11 is 0. The first-order valence-electron chi connectivity index (χ1n) is 5.30. The normalized spacial score (nSPS) is 11.3. The Balaban J connectivity index is 2.35. The molecule has 1 aromatic carbocycles. The maximum atomic E-state index is 12.0. The van der Waals surface area contributed by atoms with Crippen LogP contribution in [-0.2, 0) is 17.1 Å². The van der Waals surface area contributed by atoms with Gasteiger partial charge in [-0.25, -0.2) is 4.98 Å². The van der Waals surface area contributed by atoms with Crippen molar-refractivity contribution in [2.45, 2.75) is 5.03 Å². The third-order valence-corrected chi connectivity index (χ3v) is 3.65. The van der Waals surface area contributed by atoms with Crippen LogP contribution in [0.5, 0.6) is 11.5 Å². The number of methoxy groups -OCH3 is 1. The minimum absolute atomic E-state index is 0.0324. The van der Waals surface area contributed by atoms with Crippen LogP contribution in [0, 0.1) is 0 Å². The molecule has 0 spiro atoms. The fourth-order valence-electron chi connectivity index (χ4n) is 1.45. The number of phenols is 1. The standard InChI is InChI=1S/C11H13N3O4S/c1-14-6-11(12-7-14)19(16,17)13-9-5-8(18-2)3-4-10(9)15/h3-7,13,15H,1-2H3. The largest absolute Gasteiger partial charge is 0.506 e. The monoisotopic (exact) mass is 283 g/mol. The molecule has 0 radical (unpaired) electrons. The third-order valence-electron chi connectivity index (χ3n) is 2.40. The summed E-state index contributed by atoms with van der Waals surface area (Å²) in [6, 6.07) is 4.25. The summed E-state index contributed by atoms with van der Waals surface area (Å²) in [6.07, 6.45) is 2.74. The molecular weight excluding hydrogens is 270 g/mol. The second kappa shape index (κ2) is 4.81. The number of hydrogen-bond acceptors (Lipinski definition) is 5. The molecule has 1 aromatic heterocycles. The number of sulfonamides is 1. The zero-order valence-corrected chi connectivity index (χ0v) is 11.2. The number of anilines is 1. The lowest BCUT2D eigenvalue weighted by atomic mass is 10.3. The molecule has 7 nitrogen and oxygen atoms in total. The molecule has 8 heteroatoms. The molecule has 102 valence electrons. The number of aryl methyl sites for hydroxylation is 1. The number of hydrogen-bond donors (Lipinski definition) is 2. The van der Waals surface area contributed by atoms with Crippen molar-refractivity contribution in [3.63, 3.8) is 0 Å². The number of benzene rings is 1. The van der Waals surface area contributed by atoms with Gasteiger partial charge in [-0.05, 0) is 12.1 Å². The van der Waals surface area contributed by atoms with Crippen LogP contribution in [-0.4, -0.2) is 30.2 Å². The van der Waals surface area contributed by atoms with Gasteiger partial charge in [0.1, 0.15) is 11.5 Å². The highest BCUT2D eigenvalue weighted by Gasteiger charge is 2.19. The molecule has 0 aliphatic heterocycles. The van der Waals surface area contributed by atoms with E-state index >= 15 is 0 Å². The molecule has 0 unspecified atom stereocenters. The van der Waals surface area contributed by atoms with Gasteiger partial charge in [0, 0.05) is 19.3 Å². The van der Waals surface area contributed by atoms with E-state index in [-0.39, 0.29) is 16.5 Å². The highest BCUT2D eigenvalue weighted by Crippen LogP contribution is 2.29. The molecule has 0 aliphatic carbocycles. The van der Waals surface area contributed by atoms with E-state index in [4.69, 9.17) is 4.74 Å². The molecule has 0 aliphatic rings. The second-order valence-corrected chi connectivity index (χ2v) is 5.50. The maximum Gasteiger partial charge on any atom is 0.281 e. The van der Waals surface area contributed by atoms with Gasteiger partial charge in [0.2, 0.25) is 0 Å². The molecule has 0 amide bonds. The predicted octanol–water partition coefficient (Wildman–Crippen LogP) is 0.935. The number of nitrogens with zero attached hydrogens (tertiary/aromatic N) is 2. The molecular formula is C11H13N3O4S. The smallest absolute Gasteiger partial charge is 0.281 e. The van der Waals surface area contributed by atoms with E-state index in [0.29, 0.717) is 5.75 Å². The Labute approximate surface area is 110 Å². The Morgan fingerprint density at radius 2 is 2.16 bits per heavy atom. The molecule has 0 saturated carbocycles. The van der Waals surface area contributed by atoms with E-state index in [1.807, 2.05) is 0 Å². The van der Waals surface area contributed by atoms with Gasteiger partial charge in [-0.2, -0.15) is 8.42 Å². The van der Waals surface area contributed by atoms with E-state index in [1.165, 1.54) is 42.4 Å². The zero-order chi connectivity index (χ0) is 14.0. The van der Waals surface area contributed by atoms with Gasteiger partial charge >= 0.3 is 0 Å². The van der Waals surface area contributed by atoms with E-state index < -0.39 is 10.0 Å². The van der Waals surface area contributed by atoms with Crippen LogP contribution < -0.4 is 9.46 Å². The van der Waals surface area contributed by atoms with Crippen molar-refractivity contribution in [3.8, 4) is 11.5 Å². The summed E-state index contributed by atoms with van der Waals surface area (Å²) in [6.45, 7) is 0. The quantitative estimate of drug-likeness (QED) is 0.814. The van der Waals surface area contributed by atoms with Gasteiger partial charge < -0.3 is 14.4 Å². The maximum absolute atomic E-state index is 12.0. The number of ether oxygens (including phenoxy) is 1. The predicted molar refractivity (Wildman–Crippen MR) is 68.7 cm³/mol. The van der Waals surface area contributed by atoms with Gasteiger partial charge in [0.05, 0.1) is 19.1 Å². The van der Waals surface area contributed by atoms with Crippen LogP contribution in [0.1, 0.15) is 0 Å². The van der Waals surface area contributed by atoms with E-state index in [2.05, 4.69) is 9.71 Å². The SMILES string of the molecule is COc1ccc(O)c(NS(=O)(=O)c2cn(C)cn2)c1. The average Bonchev–Trinajstić information content (AvgIpc) is 2.79. The van der Waals surface area contributed by atoms with Crippen molar-refractivity contribution in [3.05, 3.63) is 30.7 Å². The molecule has 0 saturated heterocycles. The fraction of sp³-hybridized carbons (Fsp3) is 0.182. The van der Waals surface area contributed by atoms with E-state index in [1.54, 1.807) is 7.05 Å². The minimum atomic E-state index is -3.84. The van der Waals surface area contributed by atoms with Crippen LogP contribution in [0.25, 0.3) is 0 Å². The van der Waals surface area contributed by atoms with Gasteiger partial charge in [0.25, 0.3) is 10.0 Å². The Bertz CT molecular complexity index is 694. The summed E-state index contributed by atoms with van der Waals surface area (Å²) in [5.74, 6) is 0.233. The Morgan fingerprint density at radius 3 is 2.74 bits per heavy atom. The first kappa shape index (κ1) is 13.2. The van der Waals surface area contributed by atoms with Crippen LogP contribution in [0.4, 0.5) is 5.69 Å². The number of aromatic nitrogens is 2. The highest BCUT2D eigenvalue weighted by atomic mass is 32.2. The van der Waals surface area contributed by atoms with Crippen molar-refractivity contribution in [1.29, 1.82) is 0 Å². The number of phenolic OH excluding ortho intramolecular Hbond substituents is 1. The van der Waals surface area contributed by atoms with Gasteiger partial charge in [-0.3, -0.25) is 4.72 Å². The van der Waals surface area contributed by atoms with Crippen LogP contribution >= 0.6 is 0 Å². The molecule has 2 rings (SSSR count). The zero-order valence-electron chi connectivity index (χ0n) is 10.4. The summed E-state index contributed by atoms with van der Waals surface area (Å²) in [7, 11) is -0.728. The van der Waals surface area contributed by atoms with E-state index in [9.17, 15) is 13.5 Å². The number of nitrogens with one attached hydrogen (secondary N) is 1. The molecule has 0 atom stereocenters. The van der Waals surface area contributed by atoms with Crippen LogP contribution in [0.3, 0.4) is 0 Å². The Kier molecular flexibility index (Phi) is 3.34. The third kappa shape index (κ3) is 2.79. The number of aromatic hydroxyl groups is 1. The number of imidazole rings is 1. The van der Waals surface area contributed by atoms with Crippen LogP contribution in [0.2, 0.25) is 0 Å². The lowest BCUT2D eigenvalue weighted by Crippen LogP contribution is -2.13. The summed E-state index contributed by atoms with van der Waals surface area (Å²) in [5, 5.41) is 9.51. The van der Waals surface area contributed by atoms with Crippen molar-refractivity contribution in [2.24, 2.45) is 7.05 Å². The molecule has 0 fully saturated rings.